The van der Waals surface area contributed by atoms with Crippen LogP contribution in [-0.2, 0) is 11.3 Å². The number of hydrogen-bond donors (Lipinski definition) is 0. The van der Waals surface area contributed by atoms with E-state index in [4.69, 9.17) is 27.9 Å². The molecule has 1 aliphatic heterocycles. The lowest BCUT2D eigenvalue weighted by atomic mass is 10.1. The minimum atomic E-state index is 0.356. The van der Waals surface area contributed by atoms with Gasteiger partial charge in [-0.15, -0.1) is 0 Å². The van der Waals surface area contributed by atoms with Gasteiger partial charge in [0.2, 0.25) is 0 Å². The third-order valence-corrected chi connectivity index (χ3v) is 6.07. The minimum absolute atomic E-state index is 0.356. The first kappa shape index (κ1) is 22.4. The van der Waals surface area contributed by atoms with E-state index >= 15 is 0 Å². The van der Waals surface area contributed by atoms with Gasteiger partial charge in [-0.2, -0.15) is 0 Å². The molecule has 1 saturated heterocycles. The molecule has 3 nitrogen and oxygen atoms in total. The topological polar surface area (TPSA) is 15.7 Å². The summed E-state index contributed by atoms with van der Waals surface area (Å²) in [5, 5.41) is 1.18. The summed E-state index contributed by atoms with van der Waals surface area (Å²) < 4.78 is 6.08. The second-order valence-corrected chi connectivity index (χ2v) is 9.11. The molecule has 2 aromatic rings. The summed E-state index contributed by atoms with van der Waals surface area (Å²) in [6.07, 6.45) is 2.54. The predicted octanol–water partition coefficient (Wildman–Crippen LogP) is 6.14. The Morgan fingerprint density at radius 3 is 2.34 bits per heavy atom. The van der Waals surface area contributed by atoms with Crippen LogP contribution < -0.4 is 4.90 Å². The summed E-state index contributed by atoms with van der Waals surface area (Å²) >= 11 is 12.5. The van der Waals surface area contributed by atoms with Crippen molar-refractivity contribution in [2.45, 2.75) is 39.3 Å². The monoisotopic (exact) mass is 434 g/mol. The standard InChI is InChI=1S/C24H32Cl2N2O/c1-19(2)17-29-18-22(27-12-6-7-13-27)16-28(15-20-8-4-3-5-9-20)21-10-11-23(25)24(26)14-21/h3-5,8-11,14,19,22H,6-7,12-13,15-18H2,1-2H3. The highest BCUT2D eigenvalue weighted by Crippen LogP contribution is 2.29. The Bertz CT molecular complexity index is 748. The highest BCUT2D eigenvalue weighted by atomic mass is 35.5. The largest absolute Gasteiger partial charge is 0.379 e. The van der Waals surface area contributed by atoms with Gasteiger partial charge in [0.15, 0.2) is 0 Å². The van der Waals surface area contributed by atoms with E-state index in [-0.39, 0.29) is 0 Å². The Balaban J connectivity index is 1.80. The summed E-state index contributed by atoms with van der Waals surface area (Å²) in [7, 11) is 0. The predicted molar refractivity (Wildman–Crippen MR) is 124 cm³/mol. The van der Waals surface area contributed by atoms with Crippen LogP contribution >= 0.6 is 23.2 Å². The summed E-state index contributed by atoms with van der Waals surface area (Å²) in [4.78, 5) is 4.98. The van der Waals surface area contributed by atoms with Crippen molar-refractivity contribution in [1.29, 1.82) is 0 Å². The molecule has 0 spiro atoms. The molecule has 158 valence electrons. The second kappa shape index (κ2) is 11.2. The fourth-order valence-corrected chi connectivity index (χ4v) is 4.11. The fraction of sp³-hybridized carbons (Fsp3) is 0.500. The molecule has 0 saturated carbocycles. The van der Waals surface area contributed by atoms with E-state index in [1.807, 2.05) is 12.1 Å². The van der Waals surface area contributed by atoms with Crippen molar-refractivity contribution in [2.24, 2.45) is 5.92 Å². The number of nitrogens with zero attached hydrogens (tertiary/aromatic N) is 2. The van der Waals surface area contributed by atoms with Crippen LogP contribution in [0, 0.1) is 5.92 Å². The first-order valence-corrected chi connectivity index (χ1v) is 11.3. The molecular formula is C24H32Cl2N2O. The molecule has 0 aromatic heterocycles. The molecule has 1 heterocycles. The van der Waals surface area contributed by atoms with Crippen LogP contribution in [0.3, 0.4) is 0 Å². The number of halogens is 2. The molecule has 29 heavy (non-hydrogen) atoms. The average Bonchev–Trinajstić information content (AvgIpc) is 3.24. The smallest absolute Gasteiger partial charge is 0.0639 e. The molecule has 0 bridgehead atoms. The van der Waals surface area contributed by atoms with Crippen molar-refractivity contribution in [3.8, 4) is 0 Å². The van der Waals surface area contributed by atoms with Gasteiger partial charge in [0.05, 0.1) is 22.7 Å². The zero-order chi connectivity index (χ0) is 20.6. The zero-order valence-electron chi connectivity index (χ0n) is 17.5. The molecule has 0 N–H and O–H groups in total. The van der Waals surface area contributed by atoms with Crippen molar-refractivity contribution < 1.29 is 4.74 Å². The van der Waals surface area contributed by atoms with Gasteiger partial charge in [0, 0.05) is 25.4 Å². The number of benzene rings is 2. The summed E-state index contributed by atoms with van der Waals surface area (Å²) in [5.41, 5.74) is 2.37. The number of anilines is 1. The highest BCUT2D eigenvalue weighted by Gasteiger charge is 2.25. The number of likely N-dealkylation sites (tertiary alicyclic amines) is 1. The van der Waals surface area contributed by atoms with Crippen LogP contribution in [-0.4, -0.2) is 43.8 Å². The molecule has 5 heteroatoms. The quantitative estimate of drug-likeness (QED) is 0.446. The van der Waals surface area contributed by atoms with E-state index in [0.717, 1.165) is 45.1 Å². The van der Waals surface area contributed by atoms with Crippen LogP contribution in [0.5, 0.6) is 0 Å². The van der Waals surface area contributed by atoms with Gasteiger partial charge in [-0.05, 0) is 55.6 Å². The van der Waals surface area contributed by atoms with Crippen molar-refractivity contribution in [1.82, 2.24) is 4.90 Å². The van der Waals surface area contributed by atoms with Crippen molar-refractivity contribution in [3.63, 3.8) is 0 Å². The number of ether oxygens (including phenoxy) is 1. The van der Waals surface area contributed by atoms with Gasteiger partial charge in [-0.1, -0.05) is 67.4 Å². The maximum absolute atomic E-state index is 6.35. The molecule has 1 unspecified atom stereocenters. The van der Waals surface area contributed by atoms with E-state index in [0.29, 0.717) is 22.0 Å². The minimum Gasteiger partial charge on any atom is -0.379 e. The summed E-state index contributed by atoms with van der Waals surface area (Å²) in [6, 6.07) is 16.9. The van der Waals surface area contributed by atoms with Crippen LogP contribution in [0.15, 0.2) is 48.5 Å². The van der Waals surface area contributed by atoms with E-state index in [1.54, 1.807) is 0 Å². The second-order valence-electron chi connectivity index (χ2n) is 8.29. The fourth-order valence-electron chi connectivity index (χ4n) is 3.82. The lowest BCUT2D eigenvalue weighted by molar-refractivity contribution is 0.0567. The van der Waals surface area contributed by atoms with E-state index < -0.39 is 0 Å². The molecule has 3 rings (SSSR count). The van der Waals surface area contributed by atoms with Crippen LogP contribution in [0.1, 0.15) is 32.3 Å². The van der Waals surface area contributed by atoms with Crippen molar-refractivity contribution in [2.75, 3.05) is 37.7 Å². The van der Waals surface area contributed by atoms with Crippen LogP contribution in [0.2, 0.25) is 10.0 Å². The van der Waals surface area contributed by atoms with Crippen molar-refractivity contribution >= 4 is 28.9 Å². The van der Waals surface area contributed by atoms with E-state index in [2.05, 4.69) is 60.0 Å². The third kappa shape index (κ3) is 6.89. The molecule has 0 radical (unpaired) electrons. The first-order chi connectivity index (χ1) is 14.0. The summed E-state index contributed by atoms with van der Waals surface area (Å²) in [5.74, 6) is 0.546. The Morgan fingerprint density at radius 1 is 0.966 bits per heavy atom. The third-order valence-electron chi connectivity index (χ3n) is 5.33. The molecule has 2 aromatic carbocycles. The number of rotatable bonds is 10. The summed E-state index contributed by atoms with van der Waals surface area (Å²) in [6.45, 7) is 9.97. The normalized spacial score (nSPS) is 15.8. The SMILES string of the molecule is CC(C)COCC(CN(Cc1ccccc1)c1ccc(Cl)c(Cl)c1)N1CCCC1. The molecular weight excluding hydrogens is 403 g/mol. The van der Waals surface area contributed by atoms with Crippen LogP contribution in [0.25, 0.3) is 0 Å². The molecule has 1 atom stereocenters. The van der Waals surface area contributed by atoms with Gasteiger partial charge in [0.25, 0.3) is 0 Å². The van der Waals surface area contributed by atoms with Gasteiger partial charge >= 0.3 is 0 Å². The maximum atomic E-state index is 6.35. The highest BCUT2D eigenvalue weighted by molar-refractivity contribution is 6.42. The Labute approximate surface area is 185 Å². The van der Waals surface area contributed by atoms with E-state index in [9.17, 15) is 0 Å². The number of hydrogen-bond acceptors (Lipinski definition) is 3. The lowest BCUT2D eigenvalue weighted by Crippen LogP contribution is -2.45. The Hall–Kier alpha value is -1.26. The maximum Gasteiger partial charge on any atom is 0.0639 e. The Morgan fingerprint density at radius 2 is 1.69 bits per heavy atom. The van der Waals surface area contributed by atoms with Crippen LogP contribution in [0.4, 0.5) is 5.69 Å². The van der Waals surface area contributed by atoms with Gasteiger partial charge in [-0.25, -0.2) is 0 Å². The van der Waals surface area contributed by atoms with Gasteiger partial charge in [-0.3, -0.25) is 4.90 Å². The first-order valence-electron chi connectivity index (χ1n) is 10.6. The van der Waals surface area contributed by atoms with Gasteiger partial charge < -0.3 is 9.64 Å². The molecule has 1 aliphatic rings. The van der Waals surface area contributed by atoms with Gasteiger partial charge in [0.1, 0.15) is 0 Å². The van der Waals surface area contributed by atoms with Crippen molar-refractivity contribution in [3.05, 3.63) is 64.1 Å². The lowest BCUT2D eigenvalue weighted by Gasteiger charge is -2.34. The molecule has 0 amide bonds. The molecule has 1 fully saturated rings. The molecule has 0 aliphatic carbocycles. The van der Waals surface area contributed by atoms with E-state index in [1.165, 1.54) is 18.4 Å². The zero-order valence-corrected chi connectivity index (χ0v) is 19.0. The Kier molecular flexibility index (Phi) is 8.68. The average molecular weight is 435 g/mol.